The summed E-state index contributed by atoms with van der Waals surface area (Å²) < 4.78 is 43.8. The number of rotatable bonds is 46. The van der Waals surface area contributed by atoms with Crippen molar-refractivity contribution in [2.75, 3.05) is 165 Å². The Morgan fingerprint density at radius 3 is 1.27 bits per heavy atom. The van der Waals surface area contributed by atoms with Crippen molar-refractivity contribution in [2.24, 2.45) is 0 Å². The predicted octanol–water partition coefficient (Wildman–Crippen LogP) is -5.81. The van der Waals surface area contributed by atoms with Gasteiger partial charge in [0.15, 0.2) is 0 Å². The van der Waals surface area contributed by atoms with Crippen LogP contribution in [-0.2, 0) is 62.5 Å². The minimum Gasteiger partial charge on any atom is -0.569 e. The maximum Gasteiger partial charge on any atom is 2.00 e. The van der Waals surface area contributed by atoms with Crippen LogP contribution in [0.3, 0.4) is 0 Å². The summed E-state index contributed by atoms with van der Waals surface area (Å²) in [7, 11) is 4.10. The zero-order valence-corrected chi connectivity index (χ0v) is 39.8. The quantitative estimate of drug-likeness (QED) is 0.0199. The van der Waals surface area contributed by atoms with Gasteiger partial charge in [-0.2, -0.15) is 6.61 Å². The predicted molar refractivity (Wildman–Crippen MR) is 223 cm³/mol. The molecule has 0 fully saturated rings. The molecule has 0 bridgehead atoms. The van der Waals surface area contributed by atoms with Gasteiger partial charge in [0.25, 0.3) is 0 Å². The van der Waals surface area contributed by atoms with Crippen molar-refractivity contribution in [1.29, 1.82) is 0 Å². The van der Waals surface area contributed by atoms with Gasteiger partial charge in [-0.25, -0.2) is 7.11 Å². The van der Waals surface area contributed by atoms with Gasteiger partial charge >= 0.3 is 19.8 Å². The molecule has 0 aliphatic rings. The third kappa shape index (κ3) is 38.2. The molecule has 0 rings (SSSR count). The number of carbonyl (C=O) groups excluding carboxylic acids is 1. The number of carbonyl (C=O) groups is 1. The smallest absolute Gasteiger partial charge is 0.569 e. The zero-order valence-electron chi connectivity index (χ0n) is 37.3. The van der Waals surface area contributed by atoms with Gasteiger partial charge in [-0.1, -0.05) is 0 Å². The molecule has 25 heteroatoms. The third-order valence-electron chi connectivity index (χ3n) is 8.87. The standard InChI is InChI=1S/C38H78N3O20.CH3O.Os/c1-39-5-11-55-15-19-59-23-25-61-21-17-57-13-7-41(28-32(47)35(50)29-44)36(51)4-10-54-14-18-58-22-24-60-20-16-56-12-6-40(26-33(48)37(52)30(45)2-8-42)27-34(49)38(53)31(46)3-9-43;1-2;/h29-35,37-39,42-50,52-53H,2-28H2,1H3;2H,1H2;/q2*-1;+2. The monoisotopic (exact) mass is 1120 g/mol. The van der Waals surface area contributed by atoms with Crippen LogP contribution in [0.4, 0.5) is 0 Å². The number of likely N-dealkylation sites (N-methyl/N-ethyl adjacent to an activating group) is 1. The van der Waals surface area contributed by atoms with E-state index in [9.17, 15) is 45.6 Å². The summed E-state index contributed by atoms with van der Waals surface area (Å²) in [6.07, 6.45) is -12.2. The Bertz CT molecular complexity index is 955. The fourth-order valence-corrected chi connectivity index (χ4v) is 5.26. The fraction of sp³-hybridized carbons (Fsp3) is 0.923. The van der Waals surface area contributed by atoms with Crippen molar-refractivity contribution in [3.63, 3.8) is 0 Å². The molecule has 13 N–H and O–H groups in total. The van der Waals surface area contributed by atoms with E-state index in [0.717, 1.165) is 6.54 Å². The molecule has 386 valence electrons. The second-order valence-electron chi connectivity index (χ2n) is 13.8. The largest absolute Gasteiger partial charge is 2.00 e. The first-order valence-corrected chi connectivity index (χ1v) is 21.1. The molecular formula is C39H81N3O21Os. The van der Waals surface area contributed by atoms with Crippen molar-refractivity contribution in [1.82, 2.24) is 15.1 Å². The Balaban J connectivity index is -0.0000122. The molecule has 8 unspecified atom stereocenters. The van der Waals surface area contributed by atoms with Crippen molar-refractivity contribution < 1.29 is 124 Å². The van der Waals surface area contributed by atoms with Crippen LogP contribution in [0.5, 0.6) is 0 Å². The van der Waals surface area contributed by atoms with Gasteiger partial charge in [-0.3, -0.25) is 9.69 Å². The minimum atomic E-state index is -1.59. The summed E-state index contributed by atoms with van der Waals surface area (Å²) in [5.41, 5.74) is 0. The molecule has 0 aliphatic heterocycles. The van der Waals surface area contributed by atoms with Crippen molar-refractivity contribution in [2.45, 2.75) is 68.1 Å². The molecule has 8 atom stereocenters. The zero-order chi connectivity index (χ0) is 47.5. The molecule has 0 aromatic rings. The Morgan fingerprint density at radius 1 is 0.531 bits per heavy atom. The number of nitrogens with zero attached hydrogens (tertiary/aromatic N) is 2. The van der Waals surface area contributed by atoms with Gasteiger partial charge < -0.3 is 109 Å². The second kappa shape index (κ2) is 48.7. The molecular weight excluding hydrogens is 1040 g/mol. The van der Waals surface area contributed by atoms with Crippen molar-refractivity contribution >= 4 is 5.91 Å². The maximum atomic E-state index is 12.9. The second-order valence-corrected chi connectivity index (χ2v) is 13.8. The summed E-state index contributed by atoms with van der Waals surface area (Å²) in [6.45, 7) is 4.58. The number of aliphatic hydroxyl groups excluding tert-OH is 12. The van der Waals surface area contributed by atoms with E-state index in [1.807, 2.05) is 7.05 Å². The van der Waals surface area contributed by atoms with Crippen LogP contribution < -0.4 is 5.32 Å². The van der Waals surface area contributed by atoms with Crippen LogP contribution in [0.15, 0.2) is 0 Å². The first kappa shape index (κ1) is 67.5. The molecule has 0 aromatic heterocycles. The van der Waals surface area contributed by atoms with Crippen LogP contribution in [-0.4, -0.2) is 291 Å². The third-order valence-corrected chi connectivity index (χ3v) is 8.87. The average molecular weight is 1120 g/mol. The summed E-state index contributed by atoms with van der Waals surface area (Å²) >= 11 is 0. The number of nitrogens with one attached hydrogen (secondary N) is 1. The number of amides is 1. The van der Waals surface area contributed by atoms with Crippen LogP contribution in [0.2, 0.25) is 0 Å². The molecule has 0 aliphatic carbocycles. The van der Waals surface area contributed by atoms with E-state index in [2.05, 4.69) is 12.4 Å². The van der Waals surface area contributed by atoms with E-state index >= 15 is 0 Å². The number of hydrogen-bond acceptors (Lipinski definition) is 23. The molecule has 0 spiro atoms. The van der Waals surface area contributed by atoms with Gasteiger partial charge in [0.05, 0.1) is 143 Å². The van der Waals surface area contributed by atoms with E-state index in [1.165, 1.54) is 9.80 Å². The number of hydrogen-bond donors (Lipinski definition) is 13. The molecule has 0 heterocycles. The maximum absolute atomic E-state index is 12.9. The summed E-state index contributed by atoms with van der Waals surface area (Å²) in [6, 6.07) is 0. The molecule has 0 aromatic carbocycles. The average Bonchev–Trinajstić information content (AvgIpc) is 3.28. The van der Waals surface area contributed by atoms with E-state index in [1.54, 1.807) is 0 Å². The van der Waals surface area contributed by atoms with Crippen LogP contribution in [0, 0.1) is 13.7 Å². The van der Waals surface area contributed by atoms with Gasteiger partial charge in [0.1, 0.15) is 12.2 Å². The SMILES string of the molecule is CNCCOCCOCCOCCOCCN(CC(O)C(O)[CH-]O)C(=O)CCOCCOCCOCCOCCN(CC(O)C(O)C(O)CCO)CC(O)C(O)C(O)CCO.[CH2-]O.[Os+2]. The van der Waals surface area contributed by atoms with Gasteiger partial charge in [-0.15, -0.1) is 0 Å². The van der Waals surface area contributed by atoms with Crippen molar-refractivity contribution in [3.05, 3.63) is 13.7 Å². The van der Waals surface area contributed by atoms with E-state index < -0.39 is 62.0 Å². The van der Waals surface area contributed by atoms with E-state index in [0.29, 0.717) is 46.2 Å². The Labute approximate surface area is 390 Å². The van der Waals surface area contributed by atoms with Gasteiger partial charge in [0.2, 0.25) is 5.91 Å². The molecule has 64 heavy (non-hydrogen) atoms. The number of aliphatic hydroxyl groups is 12. The van der Waals surface area contributed by atoms with Gasteiger partial charge in [0, 0.05) is 52.5 Å². The first-order valence-electron chi connectivity index (χ1n) is 21.1. The molecule has 24 nitrogen and oxygen atoms in total. The van der Waals surface area contributed by atoms with Gasteiger partial charge in [-0.05, 0) is 26.0 Å². The Kier molecular flexibility index (Phi) is 51.3. The Hall–Kier alpha value is -0.774. The molecule has 0 saturated carbocycles. The summed E-state index contributed by atoms with van der Waals surface area (Å²) in [4.78, 5) is 15.6. The minimum absolute atomic E-state index is 0. The Morgan fingerprint density at radius 2 is 0.891 bits per heavy atom. The first-order chi connectivity index (χ1) is 30.4. The molecule has 0 saturated heterocycles. The fourth-order valence-electron chi connectivity index (χ4n) is 5.26. The van der Waals surface area contributed by atoms with E-state index in [4.69, 9.17) is 58.3 Å². The van der Waals surface area contributed by atoms with E-state index in [-0.39, 0.29) is 144 Å². The number of ether oxygens (including phenoxy) is 8. The van der Waals surface area contributed by atoms with Crippen LogP contribution in [0.25, 0.3) is 0 Å². The summed E-state index contributed by atoms with van der Waals surface area (Å²) in [5.74, 6) is -0.351. The summed E-state index contributed by atoms with van der Waals surface area (Å²) in [5, 5.41) is 118. The topological polar surface area (TPSA) is 352 Å². The van der Waals surface area contributed by atoms with Crippen LogP contribution >= 0.6 is 0 Å². The van der Waals surface area contributed by atoms with Crippen LogP contribution in [0.1, 0.15) is 19.3 Å². The molecule has 1 amide bonds. The normalized spacial score (nSPS) is 15.4. The van der Waals surface area contributed by atoms with Crippen molar-refractivity contribution in [3.8, 4) is 0 Å². The molecule has 0 radical (unpaired) electrons.